The van der Waals surface area contributed by atoms with Crippen molar-refractivity contribution in [2.75, 3.05) is 13.2 Å². The Labute approximate surface area is 241 Å². The third-order valence-electron chi connectivity index (χ3n) is 6.57. The first-order valence-corrected chi connectivity index (χ1v) is 13.3. The van der Waals surface area contributed by atoms with Crippen molar-refractivity contribution in [1.82, 2.24) is 5.32 Å². The Bertz CT molecular complexity index is 1730. The fourth-order valence-electron chi connectivity index (χ4n) is 4.34. The Morgan fingerprint density at radius 2 is 1.48 bits per heavy atom. The van der Waals surface area contributed by atoms with E-state index < -0.39 is 28.6 Å². The summed E-state index contributed by atoms with van der Waals surface area (Å²) in [6, 6.07) is 26.5. The molecule has 0 saturated carbocycles. The molecule has 5 aromatic rings. The maximum absolute atomic E-state index is 12.5. The van der Waals surface area contributed by atoms with Crippen molar-refractivity contribution in [3.63, 3.8) is 0 Å². The van der Waals surface area contributed by atoms with Crippen LogP contribution in [0.1, 0.15) is 27.9 Å². The van der Waals surface area contributed by atoms with Crippen LogP contribution in [0.4, 0.5) is 0 Å². The lowest BCUT2D eigenvalue weighted by Crippen LogP contribution is -2.13. The molecule has 42 heavy (non-hydrogen) atoms. The third kappa shape index (κ3) is 6.71. The number of carbonyl (C=O) groups is 1. The van der Waals surface area contributed by atoms with Crippen LogP contribution >= 0.6 is 0 Å². The van der Waals surface area contributed by atoms with E-state index in [-0.39, 0.29) is 23.3 Å². The summed E-state index contributed by atoms with van der Waals surface area (Å²) in [5.41, 5.74) is 2.71. The van der Waals surface area contributed by atoms with Crippen molar-refractivity contribution < 1.29 is 34.0 Å². The standard InChI is InChI=1S/C33H29NO8/c35-26-17-28(42-29-18-27(36)31(37)32(38)30(26)29)23-11-13-25(14-12-23)40-15-4-16-41-33(39)24-9-7-22(8-10-24)20-34-19-21-5-2-1-3-6-21/h1-3,5-14,17-18,34,36-38H,4,15-16,19-20H2. The van der Waals surface area contributed by atoms with Crippen LogP contribution in [0, 0.1) is 0 Å². The number of phenols is 3. The van der Waals surface area contributed by atoms with Gasteiger partial charge in [-0.25, -0.2) is 4.79 Å². The van der Waals surface area contributed by atoms with E-state index in [2.05, 4.69) is 17.4 Å². The summed E-state index contributed by atoms with van der Waals surface area (Å²) in [5.74, 6) is -1.72. The molecule has 0 saturated heterocycles. The van der Waals surface area contributed by atoms with Gasteiger partial charge in [0.1, 0.15) is 22.5 Å². The largest absolute Gasteiger partial charge is 0.504 e. The highest BCUT2D eigenvalue weighted by molar-refractivity contribution is 5.90. The molecule has 0 unspecified atom stereocenters. The molecule has 0 radical (unpaired) electrons. The molecule has 0 spiro atoms. The number of benzene rings is 4. The van der Waals surface area contributed by atoms with E-state index in [1.165, 1.54) is 11.6 Å². The number of aromatic hydroxyl groups is 3. The van der Waals surface area contributed by atoms with E-state index in [4.69, 9.17) is 13.9 Å². The van der Waals surface area contributed by atoms with Gasteiger partial charge >= 0.3 is 5.97 Å². The zero-order valence-corrected chi connectivity index (χ0v) is 22.6. The Morgan fingerprint density at radius 1 is 0.786 bits per heavy atom. The molecule has 1 heterocycles. The van der Waals surface area contributed by atoms with Crippen LogP contribution in [-0.4, -0.2) is 34.5 Å². The number of esters is 1. The van der Waals surface area contributed by atoms with Crippen LogP contribution in [0.15, 0.2) is 100 Å². The van der Waals surface area contributed by atoms with Gasteiger partial charge in [0, 0.05) is 37.2 Å². The van der Waals surface area contributed by atoms with Crippen molar-refractivity contribution in [3.8, 4) is 34.3 Å². The van der Waals surface area contributed by atoms with Crippen molar-refractivity contribution in [3.05, 3.63) is 118 Å². The molecule has 1 aromatic heterocycles. The van der Waals surface area contributed by atoms with E-state index >= 15 is 0 Å². The normalized spacial score (nSPS) is 11.0. The van der Waals surface area contributed by atoms with E-state index in [1.54, 1.807) is 36.4 Å². The van der Waals surface area contributed by atoms with Gasteiger partial charge in [0.2, 0.25) is 5.75 Å². The fourth-order valence-corrected chi connectivity index (χ4v) is 4.34. The number of rotatable bonds is 11. The number of ether oxygens (including phenoxy) is 2. The zero-order chi connectivity index (χ0) is 29.5. The number of carbonyl (C=O) groups excluding carboxylic acids is 1. The summed E-state index contributed by atoms with van der Waals surface area (Å²) in [7, 11) is 0. The van der Waals surface area contributed by atoms with Gasteiger partial charge in [-0.15, -0.1) is 0 Å². The molecular weight excluding hydrogens is 538 g/mol. The van der Waals surface area contributed by atoms with Crippen molar-refractivity contribution in [2.24, 2.45) is 0 Å². The predicted molar refractivity (Wildman–Crippen MR) is 157 cm³/mol. The smallest absolute Gasteiger partial charge is 0.338 e. The molecular formula is C33H29NO8. The summed E-state index contributed by atoms with van der Waals surface area (Å²) >= 11 is 0. The van der Waals surface area contributed by atoms with E-state index in [0.717, 1.165) is 18.2 Å². The molecule has 9 heteroatoms. The van der Waals surface area contributed by atoms with Crippen LogP contribution in [0.25, 0.3) is 22.3 Å². The molecule has 4 aromatic carbocycles. The van der Waals surface area contributed by atoms with Crippen LogP contribution in [0.5, 0.6) is 23.0 Å². The van der Waals surface area contributed by atoms with Gasteiger partial charge in [-0.3, -0.25) is 4.79 Å². The second kappa shape index (κ2) is 12.9. The molecule has 0 fully saturated rings. The second-order valence-electron chi connectivity index (χ2n) is 9.59. The summed E-state index contributed by atoms with van der Waals surface area (Å²) in [6.07, 6.45) is 0.494. The topological polar surface area (TPSA) is 138 Å². The lowest BCUT2D eigenvalue weighted by molar-refractivity contribution is 0.0486. The molecule has 4 N–H and O–H groups in total. The molecule has 0 atom stereocenters. The maximum atomic E-state index is 12.5. The van der Waals surface area contributed by atoms with Crippen LogP contribution in [0.2, 0.25) is 0 Å². The number of fused-ring (bicyclic) bond motifs is 1. The van der Waals surface area contributed by atoms with Crippen molar-refractivity contribution >= 4 is 16.9 Å². The molecule has 0 bridgehead atoms. The summed E-state index contributed by atoms with van der Waals surface area (Å²) in [5, 5.41) is 32.5. The molecule has 0 aliphatic rings. The number of hydrogen-bond acceptors (Lipinski definition) is 9. The first kappa shape index (κ1) is 28.3. The Balaban J connectivity index is 1.06. The van der Waals surface area contributed by atoms with E-state index in [1.807, 2.05) is 30.3 Å². The highest BCUT2D eigenvalue weighted by atomic mass is 16.5. The number of nitrogens with one attached hydrogen (secondary N) is 1. The highest BCUT2D eigenvalue weighted by Gasteiger charge is 2.17. The lowest BCUT2D eigenvalue weighted by atomic mass is 10.1. The Kier molecular flexibility index (Phi) is 8.70. The average molecular weight is 568 g/mol. The SMILES string of the molecule is O=C(OCCCOc1ccc(-c2cc(=O)c3c(O)c(O)c(O)cc3o2)cc1)c1ccc(CNCc2ccccc2)cc1. The van der Waals surface area contributed by atoms with Gasteiger partial charge in [0.15, 0.2) is 16.9 Å². The predicted octanol–water partition coefficient (Wildman–Crippen LogP) is 5.49. The second-order valence-corrected chi connectivity index (χ2v) is 9.59. The fraction of sp³-hybridized carbons (Fsp3) is 0.152. The van der Waals surface area contributed by atoms with Gasteiger partial charge in [-0.05, 0) is 47.5 Å². The van der Waals surface area contributed by atoms with Gasteiger partial charge < -0.3 is 34.5 Å². The summed E-state index contributed by atoms with van der Waals surface area (Å²) in [6.45, 7) is 1.99. The van der Waals surface area contributed by atoms with E-state index in [0.29, 0.717) is 36.4 Å². The molecule has 0 aliphatic carbocycles. The minimum Gasteiger partial charge on any atom is -0.504 e. The third-order valence-corrected chi connectivity index (χ3v) is 6.57. The molecule has 214 valence electrons. The van der Waals surface area contributed by atoms with Gasteiger partial charge in [0.05, 0.1) is 18.8 Å². The summed E-state index contributed by atoms with van der Waals surface area (Å²) < 4.78 is 16.8. The number of hydrogen-bond donors (Lipinski definition) is 4. The maximum Gasteiger partial charge on any atom is 0.338 e. The van der Waals surface area contributed by atoms with Crippen LogP contribution in [0.3, 0.4) is 0 Å². The minimum atomic E-state index is -0.782. The Morgan fingerprint density at radius 3 is 2.19 bits per heavy atom. The van der Waals surface area contributed by atoms with Crippen LogP contribution < -0.4 is 15.5 Å². The van der Waals surface area contributed by atoms with Gasteiger partial charge in [0.25, 0.3) is 0 Å². The monoisotopic (exact) mass is 567 g/mol. The van der Waals surface area contributed by atoms with Crippen molar-refractivity contribution in [1.29, 1.82) is 0 Å². The Hall–Kier alpha value is -5.28. The van der Waals surface area contributed by atoms with Gasteiger partial charge in [-0.1, -0.05) is 42.5 Å². The van der Waals surface area contributed by atoms with E-state index in [9.17, 15) is 24.9 Å². The van der Waals surface area contributed by atoms with Crippen LogP contribution in [-0.2, 0) is 17.8 Å². The molecule has 0 aliphatic heterocycles. The zero-order valence-electron chi connectivity index (χ0n) is 22.6. The highest BCUT2D eigenvalue weighted by Crippen LogP contribution is 2.40. The first-order chi connectivity index (χ1) is 20.4. The first-order valence-electron chi connectivity index (χ1n) is 13.3. The van der Waals surface area contributed by atoms with Crippen molar-refractivity contribution in [2.45, 2.75) is 19.5 Å². The average Bonchev–Trinajstić information content (AvgIpc) is 3.00. The molecule has 0 amide bonds. The lowest BCUT2D eigenvalue weighted by Gasteiger charge is -2.09. The number of phenolic OH excluding ortho intramolecular Hbond substituents is 3. The molecule has 5 rings (SSSR count). The summed E-state index contributed by atoms with van der Waals surface area (Å²) in [4.78, 5) is 24.9. The minimum absolute atomic E-state index is 0.0630. The quantitative estimate of drug-likeness (QED) is 0.0927. The molecule has 9 nitrogen and oxygen atoms in total. The van der Waals surface area contributed by atoms with Gasteiger partial charge in [-0.2, -0.15) is 0 Å².